The van der Waals surface area contributed by atoms with Gasteiger partial charge in [0.25, 0.3) is 5.78 Å². The van der Waals surface area contributed by atoms with Gasteiger partial charge in [-0.05, 0) is 19.1 Å². The minimum absolute atomic E-state index is 0.201. The van der Waals surface area contributed by atoms with E-state index in [9.17, 15) is 4.39 Å². The third kappa shape index (κ3) is 2.13. The van der Waals surface area contributed by atoms with Gasteiger partial charge in [0.1, 0.15) is 12.1 Å². The fourth-order valence-electron chi connectivity index (χ4n) is 1.91. The Labute approximate surface area is 114 Å². The molecule has 2 heterocycles. The molecule has 3 aromatic rings. The zero-order valence-electron chi connectivity index (χ0n) is 11.0. The fraction of sp³-hybridized carbons (Fsp3) is 0.154. The molecule has 1 N–H and O–H groups in total. The van der Waals surface area contributed by atoms with Crippen molar-refractivity contribution >= 4 is 17.3 Å². The van der Waals surface area contributed by atoms with Crippen LogP contribution in [0.3, 0.4) is 0 Å². The van der Waals surface area contributed by atoms with Crippen LogP contribution in [0.5, 0.6) is 5.75 Å². The van der Waals surface area contributed by atoms with Gasteiger partial charge in [0.05, 0.1) is 7.11 Å². The third-order valence-electron chi connectivity index (χ3n) is 2.80. The van der Waals surface area contributed by atoms with Crippen LogP contribution in [0.15, 0.2) is 30.6 Å². The molecular weight excluding hydrogens is 261 g/mol. The molecule has 7 heteroatoms. The molecule has 20 heavy (non-hydrogen) atoms. The van der Waals surface area contributed by atoms with Crippen molar-refractivity contribution in [2.24, 2.45) is 0 Å². The van der Waals surface area contributed by atoms with Gasteiger partial charge in [-0.1, -0.05) is 0 Å². The summed E-state index contributed by atoms with van der Waals surface area (Å²) >= 11 is 0. The van der Waals surface area contributed by atoms with Crippen molar-refractivity contribution < 1.29 is 9.13 Å². The Kier molecular flexibility index (Phi) is 2.94. The Morgan fingerprint density at radius 2 is 2.15 bits per heavy atom. The molecule has 2 aromatic heterocycles. The highest BCUT2D eigenvalue weighted by Gasteiger charge is 2.08. The molecule has 102 valence electrons. The molecule has 0 radical (unpaired) electrons. The summed E-state index contributed by atoms with van der Waals surface area (Å²) in [5, 5.41) is 7.17. The summed E-state index contributed by atoms with van der Waals surface area (Å²) in [6, 6.07) is 6.45. The SMILES string of the molecule is COc1ccc(Nc2cc(C)nc3ncnn23)cc1F. The molecule has 0 bridgehead atoms. The zero-order chi connectivity index (χ0) is 14.1. The van der Waals surface area contributed by atoms with Crippen LogP contribution in [0.25, 0.3) is 5.78 Å². The number of fused-ring (bicyclic) bond motifs is 1. The predicted octanol–water partition coefficient (Wildman–Crippen LogP) is 2.32. The average Bonchev–Trinajstić information content (AvgIpc) is 2.87. The van der Waals surface area contributed by atoms with Crippen molar-refractivity contribution in [1.82, 2.24) is 19.6 Å². The number of hydrogen-bond acceptors (Lipinski definition) is 5. The van der Waals surface area contributed by atoms with E-state index in [2.05, 4.69) is 20.4 Å². The first-order chi connectivity index (χ1) is 9.67. The summed E-state index contributed by atoms with van der Waals surface area (Å²) in [4.78, 5) is 8.27. The Hall–Kier alpha value is -2.70. The summed E-state index contributed by atoms with van der Waals surface area (Å²) in [6.45, 7) is 1.86. The van der Waals surface area contributed by atoms with Gasteiger partial charge in [0.15, 0.2) is 11.6 Å². The van der Waals surface area contributed by atoms with Crippen molar-refractivity contribution in [2.45, 2.75) is 6.92 Å². The van der Waals surface area contributed by atoms with Crippen LogP contribution in [0.4, 0.5) is 15.9 Å². The lowest BCUT2D eigenvalue weighted by atomic mass is 10.3. The molecule has 0 atom stereocenters. The van der Waals surface area contributed by atoms with E-state index in [1.165, 1.54) is 19.5 Å². The van der Waals surface area contributed by atoms with Crippen LogP contribution in [0, 0.1) is 12.7 Å². The largest absolute Gasteiger partial charge is 0.494 e. The van der Waals surface area contributed by atoms with Crippen LogP contribution in [-0.2, 0) is 0 Å². The number of aryl methyl sites for hydroxylation is 1. The molecule has 0 unspecified atom stereocenters. The van der Waals surface area contributed by atoms with Gasteiger partial charge in [0, 0.05) is 23.5 Å². The van der Waals surface area contributed by atoms with Crippen molar-refractivity contribution in [2.75, 3.05) is 12.4 Å². The number of anilines is 2. The first-order valence-electron chi connectivity index (χ1n) is 5.95. The van der Waals surface area contributed by atoms with E-state index >= 15 is 0 Å². The molecule has 0 amide bonds. The second-order valence-electron chi connectivity index (χ2n) is 4.23. The lowest BCUT2D eigenvalue weighted by molar-refractivity contribution is 0.386. The van der Waals surface area contributed by atoms with E-state index < -0.39 is 5.82 Å². The van der Waals surface area contributed by atoms with Gasteiger partial charge in [-0.25, -0.2) is 9.37 Å². The number of nitrogens with zero attached hydrogens (tertiary/aromatic N) is 4. The predicted molar refractivity (Wildman–Crippen MR) is 71.8 cm³/mol. The van der Waals surface area contributed by atoms with E-state index in [1.54, 1.807) is 16.6 Å². The minimum Gasteiger partial charge on any atom is -0.494 e. The highest BCUT2D eigenvalue weighted by molar-refractivity contribution is 5.59. The summed E-state index contributed by atoms with van der Waals surface area (Å²) in [5.41, 5.74) is 1.38. The Balaban J connectivity index is 2.00. The topological polar surface area (TPSA) is 64.3 Å². The van der Waals surface area contributed by atoms with Crippen LogP contribution in [-0.4, -0.2) is 26.7 Å². The average molecular weight is 273 g/mol. The molecule has 0 saturated carbocycles. The van der Waals surface area contributed by atoms with Crippen molar-refractivity contribution in [3.05, 3.63) is 42.1 Å². The second kappa shape index (κ2) is 4.76. The number of halogens is 1. The molecule has 0 spiro atoms. The van der Waals surface area contributed by atoms with E-state index in [0.717, 1.165) is 5.69 Å². The molecular formula is C13H12FN5O. The number of aromatic nitrogens is 4. The first-order valence-corrected chi connectivity index (χ1v) is 5.95. The number of methoxy groups -OCH3 is 1. The van der Waals surface area contributed by atoms with Crippen LogP contribution < -0.4 is 10.1 Å². The number of benzene rings is 1. The molecule has 0 aliphatic rings. The third-order valence-corrected chi connectivity index (χ3v) is 2.80. The molecule has 6 nitrogen and oxygen atoms in total. The minimum atomic E-state index is -0.432. The maximum absolute atomic E-state index is 13.7. The molecule has 0 aliphatic heterocycles. The molecule has 0 fully saturated rings. The van der Waals surface area contributed by atoms with Crippen LogP contribution in [0.1, 0.15) is 5.69 Å². The Morgan fingerprint density at radius 3 is 2.90 bits per heavy atom. The van der Waals surface area contributed by atoms with Gasteiger partial charge >= 0.3 is 0 Å². The van der Waals surface area contributed by atoms with Gasteiger partial charge in [-0.3, -0.25) is 0 Å². The summed E-state index contributed by atoms with van der Waals surface area (Å²) in [7, 11) is 1.43. The summed E-state index contributed by atoms with van der Waals surface area (Å²) in [6.07, 6.45) is 1.42. The summed E-state index contributed by atoms with van der Waals surface area (Å²) in [5.74, 6) is 0.918. The molecule has 3 rings (SSSR count). The van der Waals surface area contributed by atoms with Gasteiger partial charge < -0.3 is 10.1 Å². The quantitative estimate of drug-likeness (QED) is 0.793. The molecule has 0 aliphatic carbocycles. The van der Waals surface area contributed by atoms with E-state index in [0.29, 0.717) is 17.3 Å². The first kappa shape index (κ1) is 12.3. The summed E-state index contributed by atoms with van der Waals surface area (Å²) < 4.78 is 20.1. The van der Waals surface area contributed by atoms with Gasteiger partial charge in [-0.2, -0.15) is 14.6 Å². The highest BCUT2D eigenvalue weighted by Crippen LogP contribution is 2.23. The maximum atomic E-state index is 13.7. The van der Waals surface area contributed by atoms with E-state index in [1.807, 2.05) is 13.0 Å². The van der Waals surface area contributed by atoms with E-state index in [-0.39, 0.29) is 5.75 Å². The lowest BCUT2D eigenvalue weighted by Gasteiger charge is -2.10. The van der Waals surface area contributed by atoms with Crippen molar-refractivity contribution in [3.8, 4) is 5.75 Å². The van der Waals surface area contributed by atoms with Gasteiger partial charge in [0.2, 0.25) is 0 Å². The smallest absolute Gasteiger partial charge is 0.254 e. The zero-order valence-corrected chi connectivity index (χ0v) is 11.0. The molecule has 1 aromatic carbocycles. The number of hydrogen-bond donors (Lipinski definition) is 1. The van der Waals surface area contributed by atoms with Gasteiger partial charge in [-0.15, -0.1) is 0 Å². The standard InChI is InChI=1S/C13H12FN5O/c1-8-5-12(19-13(17-8)15-7-16-19)18-9-3-4-11(20-2)10(14)6-9/h3-7,18H,1-2H3. The van der Waals surface area contributed by atoms with Crippen molar-refractivity contribution in [3.63, 3.8) is 0 Å². The normalized spacial score (nSPS) is 10.8. The lowest BCUT2D eigenvalue weighted by Crippen LogP contribution is -2.03. The number of rotatable bonds is 3. The number of nitrogens with one attached hydrogen (secondary N) is 1. The fourth-order valence-corrected chi connectivity index (χ4v) is 1.91. The molecule has 0 saturated heterocycles. The number of ether oxygens (including phenoxy) is 1. The highest BCUT2D eigenvalue weighted by atomic mass is 19.1. The van der Waals surface area contributed by atoms with Crippen molar-refractivity contribution in [1.29, 1.82) is 0 Å². The maximum Gasteiger partial charge on any atom is 0.254 e. The van der Waals surface area contributed by atoms with Crippen LogP contribution in [0.2, 0.25) is 0 Å². The second-order valence-corrected chi connectivity index (χ2v) is 4.23. The van der Waals surface area contributed by atoms with Crippen LogP contribution >= 0.6 is 0 Å². The monoisotopic (exact) mass is 273 g/mol. The van der Waals surface area contributed by atoms with E-state index in [4.69, 9.17) is 4.74 Å². The Morgan fingerprint density at radius 1 is 1.30 bits per heavy atom. The Bertz CT molecular complexity index is 771.